The average molecular weight is 248 g/mol. The summed E-state index contributed by atoms with van der Waals surface area (Å²) >= 11 is 0. The van der Waals surface area contributed by atoms with E-state index in [4.69, 9.17) is 0 Å². The van der Waals surface area contributed by atoms with E-state index in [1.54, 1.807) is 17.9 Å². The lowest BCUT2D eigenvalue weighted by molar-refractivity contribution is 0.112. The summed E-state index contributed by atoms with van der Waals surface area (Å²) in [5.41, 5.74) is 5.30. The van der Waals surface area contributed by atoms with Crippen molar-refractivity contribution in [3.63, 3.8) is 0 Å². The Labute approximate surface area is 105 Å². The third-order valence-corrected chi connectivity index (χ3v) is 2.04. The standard InChI is InChI=1S/C7H12N4.C4H4N2O/c1-6-7(4-9-8-2)5-11(3)10-6;7-3-4-1-5-6-2-4/h4-5,8H,1-3H3;1-3H,(H,5,6). The molecule has 0 radical (unpaired) electrons. The number of aromatic amines is 1. The molecule has 2 rings (SSSR count). The number of aryl methyl sites for hydroxylation is 2. The van der Waals surface area contributed by atoms with Gasteiger partial charge in [-0.15, -0.1) is 0 Å². The van der Waals surface area contributed by atoms with E-state index in [-0.39, 0.29) is 0 Å². The second-order valence-electron chi connectivity index (χ2n) is 3.47. The molecule has 7 heteroatoms. The van der Waals surface area contributed by atoms with E-state index in [0.29, 0.717) is 5.56 Å². The molecule has 0 spiro atoms. The summed E-state index contributed by atoms with van der Waals surface area (Å²) in [6.45, 7) is 1.96. The van der Waals surface area contributed by atoms with Gasteiger partial charge in [0.15, 0.2) is 6.29 Å². The van der Waals surface area contributed by atoms with Crippen molar-refractivity contribution in [2.45, 2.75) is 6.92 Å². The highest BCUT2D eigenvalue weighted by molar-refractivity contribution is 5.80. The molecule has 0 bridgehead atoms. The van der Waals surface area contributed by atoms with Gasteiger partial charge in [0.05, 0.1) is 23.7 Å². The topological polar surface area (TPSA) is 88.0 Å². The average Bonchev–Trinajstić information content (AvgIpc) is 2.97. The van der Waals surface area contributed by atoms with Crippen molar-refractivity contribution in [2.75, 3.05) is 7.05 Å². The predicted molar refractivity (Wildman–Crippen MR) is 68.6 cm³/mol. The van der Waals surface area contributed by atoms with Crippen molar-refractivity contribution in [1.29, 1.82) is 0 Å². The summed E-state index contributed by atoms with van der Waals surface area (Å²) in [4.78, 5) is 9.81. The van der Waals surface area contributed by atoms with E-state index in [1.807, 2.05) is 20.2 Å². The zero-order valence-corrected chi connectivity index (χ0v) is 10.6. The van der Waals surface area contributed by atoms with Crippen LogP contribution in [0.5, 0.6) is 0 Å². The minimum absolute atomic E-state index is 0.583. The van der Waals surface area contributed by atoms with Crippen LogP contribution in [0.1, 0.15) is 21.6 Å². The van der Waals surface area contributed by atoms with Crippen LogP contribution in [0.3, 0.4) is 0 Å². The molecule has 2 aromatic rings. The van der Waals surface area contributed by atoms with Crippen LogP contribution in [0, 0.1) is 6.92 Å². The molecular formula is C11H16N6O. The summed E-state index contributed by atoms with van der Waals surface area (Å²) in [7, 11) is 3.66. The highest BCUT2D eigenvalue weighted by atomic mass is 16.1. The van der Waals surface area contributed by atoms with Crippen LogP contribution < -0.4 is 5.43 Å². The summed E-state index contributed by atoms with van der Waals surface area (Å²) in [6.07, 6.45) is 7.42. The van der Waals surface area contributed by atoms with Crippen molar-refractivity contribution >= 4 is 12.5 Å². The molecule has 0 aliphatic carbocycles. The molecule has 0 aliphatic rings. The van der Waals surface area contributed by atoms with E-state index in [2.05, 4.69) is 25.8 Å². The summed E-state index contributed by atoms with van der Waals surface area (Å²) < 4.78 is 1.77. The van der Waals surface area contributed by atoms with Crippen LogP contribution in [0.25, 0.3) is 0 Å². The molecular weight excluding hydrogens is 232 g/mol. The molecule has 2 heterocycles. The molecule has 0 atom stereocenters. The second kappa shape index (κ2) is 7.00. The van der Waals surface area contributed by atoms with Gasteiger partial charge in [-0.2, -0.15) is 15.3 Å². The fraction of sp³-hybridized carbons (Fsp3) is 0.273. The zero-order valence-electron chi connectivity index (χ0n) is 10.6. The fourth-order valence-electron chi connectivity index (χ4n) is 1.20. The third kappa shape index (κ3) is 4.20. The number of rotatable bonds is 3. The largest absolute Gasteiger partial charge is 0.313 e. The van der Waals surface area contributed by atoms with Crippen LogP contribution in [0.4, 0.5) is 0 Å². The van der Waals surface area contributed by atoms with Gasteiger partial charge in [0.2, 0.25) is 0 Å². The number of hydrazone groups is 1. The quantitative estimate of drug-likeness (QED) is 0.470. The smallest absolute Gasteiger partial charge is 0.153 e. The van der Waals surface area contributed by atoms with Crippen molar-refractivity contribution < 1.29 is 4.79 Å². The Balaban J connectivity index is 0.000000199. The highest BCUT2D eigenvalue weighted by Crippen LogP contribution is 1.99. The van der Waals surface area contributed by atoms with E-state index >= 15 is 0 Å². The highest BCUT2D eigenvalue weighted by Gasteiger charge is 1.97. The fourth-order valence-corrected chi connectivity index (χ4v) is 1.20. The Morgan fingerprint density at radius 1 is 1.56 bits per heavy atom. The maximum Gasteiger partial charge on any atom is 0.153 e. The summed E-state index contributed by atoms with van der Waals surface area (Å²) in [6, 6.07) is 0. The van der Waals surface area contributed by atoms with Gasteiger partial charge in [-0.3, -0.25) is 14.6 Å². The minimum atomic E-state index is 0.583. The van der Waals surface area contributed by atoms with Crippen LogP contribution in [0.2, 0.25) is 0 Å². The maximum atomic E-state index is 9.81. The SMILES string of the molecule is CNN=Cc1cn(C)nc1C.O=Cc1cn[nH]c1. The first-order chi connectivity index (χ1) is 8.67. The second-order valence-corrected chi connectivity index (χ2v) is 3.47. The first-order valence-electron chi connectivity index (χ1n) is 5.31. The first-order valence-corrected chi connectivity index (χ1v) is 5.31. The number of nitrogens with one attached hydrogen (secondary N) is 2. The Hall–Kier alpha value is -2.44. The molecule has 0 unspecified atom stereocenters. The monoisotopic (exact) mass is 248 g/mol. The van der Waals surface area contributed by atoms with Crippen LogP contribution in [-0.2, 0) is 7.05 Å². The Bertz CT molecular complexity index is 500. The maximum absolute atomic E-state index is 9.81. The number of H-pyrrole nitrogens is 1. The molecule has 2 aromatic heterocycles. The number of nitrogens with zero attached hydrogens (tertiary/aromatic N) is 4. The van der Waals surface area contributed by atoms with Crippen LogP contribution in [-0.4, -0.2) is 39.5 Å². The van der Waals surface area contributed by atoms with Crippen LogP contribution in [0.15, 0.2) is 23.7 Å². The lowest BCUT2D eigenvalue weighted by atomic mass is 10.3. The van der Waals surface area contributed by atoms with Crippen LogP contribution >= 0.6 is 0 Å². The number of aldehydes is 1. The molecule has 0 amide bonds. The van der Waals surface area contributed by atoms with Gasteiger partial charge in [-0.1, -0.05) is 0 Å². The molecule has 96 valence electrons. The molecule has 2 N–H and O–H groups in total. The van der Waals surface area contributed by atoms with E-state index in [1.165, 1.54) is 12.4 Å². The molecule has 0 fully saturated rings. The van der Waals surface area contributed by atoms with Gasteiger partial charge in [0.25, 0.3) is 0 Å². The molecule has 18 heavy (non-hydrogen) atoms. The lowest BCUT2D eigenvalue weighted by Crippen LogP contribution is -1.94. The van der Waals surface area contributed by atoms with Gasteiger partial charge in [0.1, 0.15) is 0 Å². The molecule has 7 nitrogen and oxygen atoms in total. The number of carbonyl (C=O) groups excluding carboxylic acids is 1. The van der Waals surface area contributed by atoms with Gasteiger partial charge < -0.3 is 5.43 Å². The van der Waals surface area contributed by atoms with E-state index < -0.39 is 0 Å². The first kappa shape index (κ1) is 13.6. The Morgan fingerprint density at radius 3 is 2.72 bits per heavy atom. The predicted octanol–water partition coefficient (Wildman–Crippen LogP) is 0.504. The normalized spacial score (nSPS) is 9.94. The number of hydrogen-bond donors (Lipinski definition) is 2. The summed E-state index contributed by atoms with van der Waals surface area (Å²) in [5, 5.41) is 14.1. The van der Waals surface area contributed by atoms with Crippen molar-refractivity contribution in [2.24, 2.45) is 12.1 Å². The number of aromatic nitrogens is 4. The zero-order chi connectivity index (χ0) is 13.4. The van der Waals surface area contributed by atoms with E-state index in [0.717, 1.165) is 17.5 Å². The third-order valence-electron chi connectivity index (χ3n) is 2.04. The molecule has 0 saturated heterocycles. The summed E-state index contributed by atoms with van der Waals surface area (Å²) in [5.74, 6) is 0. The van der Waals surface area contributed by atoms with E-state index in [9.17, 15) is 4.79 Å². The Kier molecular flexibility index (Phi) is 5.30. The minimum Gasteiger partial charge on any atom is -0.313 e. The molecule has 0 aromatic carbocycles. The van der Waals surface area contributed by atoms with Gasteiger partial charge in [-0.25, -0.2) is 0 Å². The van der Waals surface area contributed by atoms with Gasteiger partial charge >= 0.3 is 0 Å². The van der Waals surface area contributed by atoms with Crippen molar-refractivity contribution in [3.8, 4) is 0 Å². The molecule has 0 aliphatic heterocycles. The Morgan fingerprint density at radius 2 is 2.33 bits per heavy atom. The molecule has 0 saturated carbocycles. The number of hydrogen-bond acceptors (Lipinski definition) is 5. The number of carbonyl (C=O) groups is 1. The van der Waals surface area contributed by atoms with Gasteiger partial charge in [-0.05, 0) is 6.92 Å². The van der Waals surface area contributed by atoms with Crippen molar-refractivity contribution in [1.82, 2.24) is 25.4 Å². The van der Waals surface area contributed by atoms with Crippen molar-refractivity contribution in [3.05, 3.63) is 35.4 Å². The van der Waals surface area contributed by atoms with Gasteiger partial charge in [0, 0.05) is 32.1 Å². The lowest BCUT2D eigenvalue weighted by Gasteiger charge is -1.85.